The van der Waals surface area contributed by atoms with E-state index in [-0.39, 0.29) is 35.0 Å². The van der Waals surface area contributed by atoms with Crippen LogP contribution in [0.2, 0.25) is 0 Å². The van der Waals surface area contributed by atoms with Gasteiger partial charge in [0.15, 0.2) is 11.5 Å². The number of nitrogens with zero attached hydrogens (tertiary/aromatic N) is 1. The van der Waals surface area contributed by atoms with E-state index in [0.29, 0.717) is 11.3 Å². The minimum absolute atomic E-state index is 0.0283. The average Bonchev–Trinajstić information content (AvgIpc) is 2.87. The zero-order valence-electron chi connectivity index (χ0n) is 20.8. The average molecular weight is 515 g/mol. The molecule has 9 heteroatoms. The highest BCUT2D eigenvalue weighted by Gasteiger charge is 2.23. The maximum absolute atomic E-state index is 13.2. The fraction of sp³-hybridized carbons (Fsp3) is 0.296. The van der Waals surface area contributed by atoms with Crippen molar-refractivity contribution >= 4 is 21.8 Å². The summed E-state index contributed by atoms with van der Waals surface area (Å²) in [5.41, 5.74) is 2.47. The Morgan fingerprint density at radius 2 is 1.72 bits per heavy atom. The second-order valence-electron chi connectivity index (χ2n) is 8.35. The molecule has 0 radical (unpaired) electrons. The van der Waals surface area contributed by atoms with Crippen LogP contribution < -0.4 is 14.2 Å². The van der Waals surface area contributed by atoms with Crippen molar-refractivity contribution in [3.8, 4) is 11.5 Å². The summed E-state index contributed by atoms with van der Waals surface area (Å²) in [7, 11) is -2.83. The number of hydrogen-bond donors (Lipinski definition) is 1. The molecule has 0 saturated heterocycles. The van der Waals surface area contributed by atoms with E-state index < -0.39 is 15.9 Å². The molecule has 36 heavy (non-hydrogen) atoms. The standard InChI is InChI=1S/C27H31FN2O5S/c1-5-19(3)30(27(31)29-23-9-7-8-20(6-2)16-23)18-21-10-15-25(34-4)26(17-21)35-36(32,33)24-13-11-22(28)12-14-24/h7-17,19H,5-6,18H2,1-4H3,(H,29,31). The molecule has 0 heterocycles. The molecule has 0 saturated carbocycles. The monoisotopic (exact) mass is 514 g/mol. The number of rotatable bonds is 10. The van der Waals surface area contributed by atoms with Gasteiger partial charge in [-0.3, -0.25) is 0 Å². The van der Waals surface area contributed by atoms with Crippen molar-refractivity contribution < 1.29 is 26.5 Å². The SMILES string of the molecule is CCc1cccc(NC(=O)N(Cc2ccc(OC)c(OS(=O)(=O)c3ccc(F)cc3)c2)C(C)CC)c1. The van der Waals surface area contributed by atoms with E-state index >= 15 is 0 Å². The zero-order chi connectivity index (χ0) is 26.3. The lowest BCUT2D eigenvalue weighted by Gasteiger charge is -2.29. The number of carbonyl (C=O) groups excluding carboxylic acids is 1. The number of carbonyl (C=O) groups is 1. The molecule has 2 amide bonds. The van der Waals surface area contributed by atoms with Gasteiger partial charge >= 0.3 is 16.1 Å². The molecule has 1 unspecified atom stereocenters. The van der Waals surface area contributed by atoms with Crippen LogP contribution in [-0.4, -0.2) is 32.5 Å². The molecule has 7 nitrogen and oxygen atoms in total. The first-order chi connectivity index (χ1) is 17.2. The Bertz CT molecular complexity index is 1300. The summed E-state index contributed by atoms with van der Waals surface area (Å²) >= 11 is 0. The minimum Gasteiger partial charge on any atom is -0.493 e. The highest BCUT2D eigenvalue weighted by molar-refractivity contribution is 7.87. The van der Waals surface area contributed by atoms with E-state index in [0.717, 1.165) is 42.7 Å². The fourth-order valence-corrected chi connectivity index (χ4v) is 4.49. The smallest absolute Gasteiger partial charge is 0.339 e. The third-order valence-corrected chi connectivity index (χ3v) is 7.10. The van der Waals surface area contributed by atoms with Gasteiger partial charge in [0.2, 0.25) is 0 Å². The van der Waals surface area contributed by atoms with Crippen molar-refractivity contribution in [3.05, 3.63) is 83.7 Å². The summed E-state index contributed by atoms with van der Waals surface area (Å²) in [6, 6.07) is 16.5. The molecular formula is C27H31FN2O5S. The second-order valence-corrected chi connectivity index (χ2v) is 9.89. The van der Waals surface area contributed by atoms with E-state index in [9.17, 15) is 17.6 Å². The van der Waals surface area contributed by atoms with Crippen LogP contribution in [0.15, 0.2) is 71.6 Å². The highest BCUT2D eigenvalue weighted by atomic mass is 32.2. The third kappa shape index (κ3) is 6.75. The summed E-state index contributed by atoms with van der Waals surface area (Å²) in [5, 5.41) is 2.96. The Kier molecular flexibility index (Phi) is 8.93. The van der Waals surface area contributed by atoms with Gasteiger partial charge in [0, 0.05) is 18.3 Å². The Morgan fingerprint density at radius 3 is 2.36 bits per heavy atom. The summed E-state index contributed by atoms with van der Waals surface area (Å²) in [6.07, 6.45) is 1.58. The first kappa shape index (κ1) is 27.0. The Labute approximate surface area is 212 Å². The molecule has 0 spiro atoms. The molecule has 3 aromatic carbocycles. The van der Waals surface area contributed by atoms with Crippen LogP contribution in [0.3, 0.4) is 0 Å². The van der Waals surface area contributed by atoms with Crippen LogP contribution in [0, 0.1) is 5.82 Å². The van der Waals surface area contributed by atoms with Crippen molar-refractivity contribution in [2.45, 2.75) is 51.1 Å². The molecule has 0 aliphatic rings. The molecule has 0 fully saturated rings. The molecule has 0 aliphatic heterocycles. The first-order valence-corrected chi connectivity index (χ1v) is 13.1. The van der Waals surface area contributed by atoms with Crippen LogP contribution >= 0.6 is 0 Å². The van der Waals surface area contributed by atoms with Gasteiger partial charge in [-0.15, -0.1) is 0 Å². The normalized spacial score (nSPS) is 12.0. The van der Waals surface area contributed by atoms with Crippen molar-refractivity contribution in [2.75, 3.05) is 12.4 Å². The minimum atomic E-state index is -4.23. The molecule has 192 valence electrons. The summed E-state index contributed by atoms with van der Waals surface area (Å²) in [6.45, 7) is 6.19. The number of ether oxygens (including phenoxy) is 1. The molecule has 3 rings (SSSR count). The number of methoxy groups -OCH3 is 1. The van der Waals surface area contributed by atoms with E-state index in [1.807, 2.05) is 45.0 Å². The maximum atomic E-state index is 13.2. The molecule has 0 aromatic heterocycles. The van der Waals surface area contributed by atoms with Crippen molar-refractivity contribution in [3.63, 3.8) is 0 Å². The Morgan fingerprint density at radius 1 is 1.00 bits per heavy atom. The molecule has 1 atom stereocenters. The molecule has 3 aromatic rings. The van der Waals surface area contributed by atoms with Crippen LogP contribution in [-0.2, 0) is 23.1 Å². The zero-order valence-corrected chi connectivity index (χ0v) is 21.6. The van der Waals surface area contributed by atoms with E-state index in [1.54, 1.807) is 17.0 Å². The van der Waals surface area contributed by atoms with Crippen LogP contribution in [0.1, 0.15) is 38.3 Å². The van der Waals surface area contributed by atoms with Crippen molar-refractivity contribution in [1.82, 2.24) is 4.90 Å². The van der Waals surface area contributed by atoms with Gasteiger partial charge in [0.1, 0.15) is 10.7 Å². The number of urea groups is 1. The predicted molar refractivity (Wildman–Crippen MR) is 137 cm³/mol. The lowest BCUT2D eigenvalue weighted by molar-refractivity contribution is 0.187. The maximum Gasteiger partial charge on any atom is 0.339 e. The quantitative estimate of drug-likeness (QED) is 0.336. The van der Waals surface area contributed by atoms with Gasteiger partial charge in [-0.2, -0.15) is 8.42 Å². The number of aryl methyl sites for hydroxylation is 1. The number of anilines is 1. The molecular weight excluding hydrogens is 483 g/mol. The van der Waals surface area contributed by atoms with Gasteiger partial charge in [-0.25, -0.2) is 9.18 Å². The number of halogens is 1. The van der Waals surface area contributed by atoms with Gasteiger partial charge in [0.05, 0.1) is 7.11 Å². The number of amides is 2. The fourth-order valence-electron chi connectivity index (χ4n) is 3.56. The van der Waals surface area contributed by atoms with Gasteiger partial charge in [-0.1, -0.05) is 32.0 Å². The van der Waals surface area contributed by atoms with Crippen LogP contribution in [0.5, 0.6) is 11.5 Å². The third-order valence-electron chi connectivity index (χ3n) is 5.85. The van der Waals surface area contributed by atoms with Crippen LogP contribution in [0.4, 0.5) is 14.9 Å². The van der Waals surface area contributed by atoms with Crippen LogP contribution in [0.25, 0.3) is 0 Å². The Balaban J connectivity index is 1.86. The number of nitrogens with one attached hydrogen (secondary N) is 1. The summed E-state index contributed by atoms with van der Waals surface area (Å²) < 4.78 is 49.4. The summed E-state index contributed by atoms with van der Waals surface area (Å²) in [5.74, 6) is -0.377. The van der Waals surface area contributed by atoms with E-state index in [1.165, 1.54) is 13.2 Å². The predicted octanol–water partition coefficient (Wildman–Crippen LogP) is 6.00. The lowest BCUT2D eigenvalue weighted by atomic mass is 10.1. The highest BCUT2D eigenvalue weighted by Crippen LogP contribution is 2.32. The topological polar surface area (TPSA) is 84.9 Å². The van der Waals surface area contributed by atoms with Gasteiger partial charge in [0.25, 0.3) is 0 Å². The summed E-state index contributed by atoms with van der Waals surface area (Å²) in [4.78, 5) is 14.7. The van der Waals surface area contributed by atoms with E-state index in [4.69, 9.17) is 8.92 Å². The van der Waals surface area contributed by atoms with Gasteiger partial charge < -0.3 is 19.1 Å². The van der Waals surface area contributed by atoms with Gasteiger partial charge in [-0.05, 0) is 79.4 Å². The van der Waals surface area contributed by atoms with E-state index in [2.05, 4.69) is 5.32 Å². The Hall–Kier alpha value is -3.59. The molecule has 1 N–H and O–H groups in total. The largest absolute Gasteiger partial charge is 0.493 e. The first-order valence-electron chi connectivity index (χ1n) is 11.7. The number of hydrogen-bond acceptors (Lipinski definition) is 5. The van der Waals surface area contributed by atoms with Crippen molar-refractivity contribution in [1.29, 1.82) is 0 Å². The lowest BCUT2D eigenvalue weighted by Crippen LogP contribution is -2.40. The van der Waals surface area contributed by atoms with Crippen molar-refractivity contribution in [2.24, 2.45) is 0 Å². The number of benzene rings is 3. The molecule has 0 aliphatic carbocycles. The second kappa shape index (κ2) is 11.9. The molecule has 0 bridgehead atoms.